The van der Waals surface area contributed by atoms with Crippen LogP contribution in [0.25, 0.3) is 0 Å². The first-order chi connectivity index (χ1) is 11.8. The number of aryl methyl sites for hydroxylation is 1. The molecule has 1 atom stereocenters. The second-order valence-corrected chi connectivity index (χ2v) is 5.52. The van der Waals surface area contributed by atoms with Crippen molar-refractivity contribution in [2.24, 2.45) is 0 Å². The maximum absolute atomic E-state index is 12.1. The third-order valence-corrected chi connectivity index (χ3v) is 3.53. The number of urea groups is 1. The van der Waals surface area contributed by atoms with E-state index in [2.05, 4.69) is 10.6 Å². The van der Waals surface area contributed by atoms with Crippen molar-refractivity contribution in [3.05, 3.63) is 64.0 Å². The average molecular weight is 346 g/mol. The number of hydrogen-bond donors (Lipinski definition) is 4. The Kier molecular flexibility index (Phi) is 5.78. The fourth-order valence-corrected chi connectivity index (χ4v) is 2.19. The molecule has 2 aromatic rings. The molecule has 0 heterocycles. The quantitative estimate of drug-likeness (QED) is 0.610. The van der Waals surface area contributed by atoms with Crippen molar-refractivity contribution in [3.63, 3.8) is 0 Å². The second-order valence-electron chi connectivity index (χ2n) is 5.52. The monoisotopic (exact) mass is 346 g/mol. The summed E-state index contributed by atoms with van der Waals surface area (Å²) in [6.07, 6.45) is 0. The summed E-state index contributed by atoms with van der Waals surface area (Å²) in [5.41, 5.74) is 1.40. The van der Waals surface area contributed by atoms with E-state index in [1.54, 1.807) is 6.92 Å². The summed E-state index contributed by atoms with van der Waals surface area (Å²) in [5.74, 6) is 0. The summed E-state index contributed by atoms with van der Waals surface area (Å²) in [4.78, 5) is 12.1. The number of carbonyl (C=O) groups excluding carboxylic acids is 1. The summed E-state index contributed by atoms with van der Waals surface area (Å²) in [7, 11) is 0. The minimum Gasteiger partial charge on any atom is -0.769 e. The fourth-order valence-electron chi connectivity index (χ4n) is 2.19. The van der Waals surface area contributed by atoms with Crippen LogP contribution in [0.5, 0.6) is 0 Å². The second kappa shape index (κ2) is 7.81. The van der Waals surface area contributed by atoms with Gasteiger partial charge in [0.1, 0.15) is 0 Å². The summed E-state index contributed by atoms with van der Waals surface area (Å²) < 4.78 is 0. The van der Waals surface area contributed by atoms with Crippen LogP contribution >= 0.6 is 0 Å². The van der Waals surface area contributed by atoms with Crippen molar-refractivity contribution < 1.29 is 15.2 Å². The van der Waals surface area contributed by atoms with Crippen molar-refractivity contribution in [1.82, 2.24) is 5.32 Å². The van der Waals surface area contributed by atoms with Crippen molar-refractivity contribution in [2.45, 2.75) is 19.9 Å². The Bertz CT molecular complexity index is 708. The van der Waals surface area contributed by atoms with Gasteiger partial charge in [0, 0.05) is 11.4 Å². The molecule has 0 aliphatic heterocycles. The zero-order valence-electron chi connectivity index (χ0n) is 13.6. The number of hydrogen-bond acceptors (Lipinski definition) is 7. The molecule has 0 aliphatic rings. The SMILES string of the molecule is Cc1ccc([C@H](C)NC(=O)Nc2cc(N([O-])[O-])cc(N(O)O)c2)cc1. The molecule has 0 unspecified atom stereocenters. The molecule has 0 bridgehead atoms. The van der Waals surface area contributed by atoms with E-state index in [0.29, 0.717) is 0 Å². The van der Waals surface area contributed by atoms with Crippen LogP contribution in [0.15, 0.2) is 42.5 Å². The molecule has 0 radical (unpaired) electrons. The Labute approximate surface area is 144 Å². The van der Waals surface area contributed by atoms with E-state index in [1.165, 1.54) is 6.07 Å². The van der Waals surface area contributed by atoms with Gasteiger partial charge in [0.15, 0.2) is 0 Å². The van der Waals surface area contributed by atoms with Gasteiger partial charge in [0.05, 0.1) is 11.7 Å². The molecule has 2 aromatic carbocycles. The standard InChI is InChI=1S/C16H18N4O5/c1-10-3-5-12(6-4-10)11(2)17-16(21)18-13-7-14(19(22)23)9-15(8-13)20(24)25/h3-9,11,22-23H,1-2H3,(H2,17,18,21)/q-2/t11-/m0/s1. The molecule has 0 fully saturated rings. The minimum atomic E-state index is -0.703. The molecule has 0 saturated carbocycles. The number of nitrogens with one attached hydrogen (secondary N) is 2. The van der Waals surface area contributed by atoms with Crippen LogP contribution in [0, 0.1) is 17.3 Å². The largest absolute Gasteiger partial charge is 0.769 e. The van der Waals surface area contributed by atoms with E-state index >= 15 is 0 Å². The van der Waals surface area contributed by atoms with Crippen LogP contribution in [0.2, 0.25) is 0 Å². The van der Waals surface area contributed by atoms with Crippen molar-refractivity contribution >= 4 is 23.1 Å². The van der Waals surface area contributed by atoms with E-state index in [9.17, 15) is 15.2 Å². The molecule has 4 N–H and O–H groups in total. The molecule has 0 aliphatic carbocycles. The van der Waals surface area contributed by atoms with Gasteiger partial charge in [-0.05, 0) is 37.6 Å². The first-order valence-corrected chi connectivity index (χ1v) is 7.37. The van der Waals surface area contributed by atoms with Gasteiger partial charge >= 0.3 is 6.03 Å². The summed E-state index contributed by atoms with van der Waals surface area (Å²) in [6.45, 7) is 3.76. The van der Waals surface area contributed by atoms with Gasteiger partial charge in [-0.3, -0.25) is 10.4 Å². The lowest BCUT2D eigenvalue weighted by atomic mass is 10.1. The molecule has 2 amide bonds. The highest BCUT2D eigenvalue weighted by Gasteiger charge is 2.11. The highest BCUT2D eigenvalue weighted by molar-refractivity contribution is 5.91. The van der Waals surface area contributed by atoms with Crippen LogP contribution in [-0.2, 0) is 0 Å². The number of anilines is 3. The lowest BCUT2D eigenvalue weighted by molar-refractivity contribution is 0.0292. The molecule has 2 rings (SSSR count). The molecular weight excluding hydrogens is 328 g/mol. The highest BCUT2D eigenvalue weighted by atomic mass is 16.8. The Hall–Kier alpha value is -2.85. The van der Waals surface area contributed by atoms with Crippen molar-refractivity contribution in [2.75, 3.05) is 15.8 Å². The zero-order valence-corrected chi connectivity index (χ0v) is 13.6. The minimum absolute atomic E-state index is 0.0471. The lowest BCUT2D eigenvalue weighted by Gasteiger charge is -2.38. The number of amides is 2. The van der Waals surface area contributed by atoms with Crippen LogP contribution in [0.3, 0.4) is 0 Å². The van der Waals surface area contributed by atoms with Crippen molar-refractivity contribution in [3.8, 4) is 0 Å². The maximum Gasteiger partial charge on any atom is 0.319 e. The fraction of sp³-hybridized carbons (Fsp3) is 0.188. The highest BCUT2D eigenvalue weighted by Crippen LogP contribution is 2.26. The zero-order chi connectivity index (χ0) is 18.6. The van der Waals surface area contributed by atoms with Gasteiger partial charge in [-0.15, -0.1) is 5.23 Å². The molecule has 25 heavy (non-hydrogen) atoms. The predicted molar refractivity (Wildman–Crippen MR) is 93.5 cm³/mol. The van der Waals surface area contributed by atoms with Gasteiger partial charge in [-0.1, -0.05) is 29.8 Å². The van der Waals surface area contributed by atoms with Crippen LogP contribution in [0.1, 0.15) is 24.1 Å². The predicted octanol–water partition coefficient (Wildman–Crippen LogP) is 3.26. The number of benzene rings is 2. The lowest BCUT2D eigenvalue weighted by Crippen LogP contribution is -2.31. The van der Waals surface area contributed by atoms with E-state index in [4.69, 9.17) is 10.4 Å². The molecule has 0 spiro atoms. The van der Waals surface area contributed by atoms with Gasteiger partial charge in [-0.25, -0.2) is 4.79 Å². The summed E-state index contributed by atoms with van der Waals surface area (Å²) in [6, 6.07) is 10.0. The molecule has 0 aromatic heterocycles. The summed E-state index contributed by atoms with van der Waals surface area (Å²) in [5, 5.41) is 44.1. The molecule has 134 valence electrons. The Balaban J connectivity index is 2.10. The van der Waals surface area contributed by atoms with Crippen molar-refractivity contribution in [1.29, 1.82) is 0 Å². The Morgan fingerprint density at radius 2 is 1.68 bits per heavy atom. The number of rotatable bonds is 5. The Morgan fingerprint density at radius 1 is 1.08 bits per heavy atom. The topological polar surface area (TPSA) is 134 Å². The van der Waals surface area contributed by atoms with E-state index in [-0.39, 0.29) is 22.6 Å². The molecule has 9 heteroatoms. The molecule has 0 saturated heterocycles. The third kappa shape index (κ3) is 5.06. The number of carbonyl (C=O) groups is 1. The normalized spacial score (nSPS) is 11.6. The van der Waals surface area contributed by atoms with E-state index in [0.717, 1.165) is 23.3 Å². The molecular formula is C16H18N4O5-2. The van der Waals surface area contributed by atoms with Crippen LogP contribution in [-0.4, -0.2) is 16.4 Å². The average Bonchev–Trinajstić information content (AvgIpc) is 2.54. The molecule has 9 nitrogen and oxygen atoms in total. The third-order valence-electron chi connectivity index (χ3n) is 3.53. The maximum atomic E-state index is 12.1. The van der Waals surface area contributed by atoms with Gasteiger partial charge in [-0.2, -0.15) is 0 Å². The van der Waals surface area contributed by atoms with Gasteiger partial charge < -0.3 is 26.3 Å². The first kappa shape index (κ1) is 18.5. The Morgan fingerprint density at radius 3 is 2.24 bits per heavy atom. The van der Waals surface area contributed by atoms with Gasteiger partial charge in [0.25, 0.3) is 0 Å². The van der Waals surface area contributed by atoms with Gasteiger partial charge in [0.2, 0.25) is 0 Å². The van der Waals surface area contributed by atoms with Crippen LogP contribution in [0.4, 0.5) is 21.9 Å². The van der Waals surface area contributed by atoms with Crippen LogP contribution < -0.4 is 21.1 Å². The van der Waals surface area contributed by atoms with E-state index < -0.39 is 16.9 Å². The number of nitrogens with zero attached hydrogens (tertiary/aromatic N) is 2. The van der Waals surface area contributed by atoms with E-state index in [1.807, 2.05) is 31.2 Å². The summed E-state index contributed by atoms with van der Waals surface area (Å²) >= 11 is 0. The smallest absolute Gasteiger partial charge is 0.319 e. The first-order valence-electron chi connectivity index (χ1n) is 7.37.